The zero-order valence-electron chi connectivity index (χ0n) is 8.72. The number of hydrogen-bond donors (Lipinski definition) is 2. The molecule has 4 nitrogen and oxygen atoms in total. The minimum Gasteiger partial charge on any atom is -0.481 e. The number of hydrogen-bond acceptors (Lipinski definition) is 3. The molecule has 0 aliphatic carbocycles. The molecule has 0 rings (SSSR count). The van der Waals surface area contributed by atoms with E-state index in [2.05, 4.69) is 5.32 Å². The van der Waals surface area contributed by atoms with Crippen LogP contribution in [0.4, 0.5) is 13.2 Å². The molecule has 0 bridgehead atoms. The fourth-order valence-electron chi connectivity index (χ4n) is 0.594. The second kappa shape index (κ2) is 5.42. The minimum atomic E-state index is -4.46. The number of rotatable bonds is 5. The minimum absolute atomic E-state index is 0.209. The van der Waals surface area contributed by atoms with Crippen molar-refractivity contribution >= 4 is 23.6 Å². The Labute approximate surface area is 94.6 Å². The van der Waals surface area contributed by atoms with Crippen molar-refractivity contribution in [3.05, 3.63) is 0 Å². The molecule has 94 valence electrons. The lowest BCUT2D eigenvalue weighted by Gasteiger charge is -2.19. The summed E-state index contributed by atoms with van der Waals surface area (Å²) in [5, 5.41) is 10.8. The van der Waals surface area contributed by atoms with Crippen LogP contribution in [-0.2, 0) is 9.59 Å². The molecule has 0 unspecified atom stereocenters. The SMILES string of the molecule is CC(C)(CNC(=O)CSC(F)(F)F)C(=O)O. The summed E-state index contributed by atoms with van der Waals surface area (Å²) in [5.41, 5.74) is -5.65. The molecule has 0 aromatic heterocycles. The molecule has 0 saturated carbocycles. The van der Waals surface area contributed by atoms with Crippen molar-refractivity contribution in [1.29, 1.82) is 0 Å². The first-order chi connectivity index (χ1) is 7.04. The predicted octanol–water partition coefficient (Wildman–Crippen LogP) is 1.47. The predicted molar refractivity (Wildman–Crippen MR) is 52.9 cm³/mol. The maximum absolute atomic E-state index is 11.7. The van der Waals surface area contributed by atoms with Crippen LogP contribution in [0.3, 0.4) is 0 Å². The number of carbonyl (C=O) groups excluding carboxylic acids is 1. The Kier molecular flexibility index (Phi) is 5.11. The zero-order chi connectivity index (χ0) is 13.0. The van der Waals surface area contributed by atoms with Crippen LogP contribution in [0.2, 0.25) is 0 Å². The molecule has 1 amide bonds. The van der Waals surface area contributed by atoms with E-state index in [9.17, 15) is 22.8 Å². The van der Waals surface area contributed by atoms with Crippen LogP contribution in [0.25, 0.3) is 0 Å². The van der Waals surface area contributed by atoms with Crippen molar-refractivity contribution in [1.82, 2.24) is 5.32 Å². The largest absolute Gasteiger partial charge is 0.481 e. The highest BCUT2D eigenvalue weighted by atomic mass is 32.2. The number of carboxylic acid groups (broad SMARTS) is 1. The third-order valence-corrected chi connectivity index (χ3v) is 2.41. The van der Waals surface area contributed by atoms with Crippen LogP contribution in [0, 0.1) is 5.41 Å². The van der Waals surface area contributed by atoms with E-state index >= 15 is 0 Å². The third-order valence-electron chi connectivity index (χ3n) is 1.67. The molecule has 16 heavy (non-hydrogen) atoms. The summed E-state index contributed by atoms with van der Waals surface area (Å²) in [7, 11) is 0. The molecule has 2 N–H and O–H groups in total. The highest BCUT2D eigenvalue weighted by Gasteiger charge is 2.31. The van der Waals surface area contributed by atoms with Gasteiger partial charge >= 0.3 is 11.5 Å². The molecule has 0 atom stereocenters. The molecule has 0 aliphatic rings. The van der Waals surface area contributed by atoms with Gasteiger partial charge in [0.05, 0.1) is 11.2 Å². The summed E-state index contributed by atoms with van der Waals surface area (Å²) >= 11 is -0.459. The number of carboxylic acids is 1. The van der Waals surface area contributed by atoms with Gasteiger partial charge in [-0.25, -0.2) is 0 Å². The molecular weight excluding hydrogens is 247 g/mol. The van der Waals surface area contributed by atoms with Crippen molar-refractivity contribution < 1.29 is 27.9 Å². The van der Waals surface area contributed by atoms with Gasteiger partial charge < -0.3 is 10.4 Å². The van der Waals surface area contributed by atoms with Crippen LogP contribution in [-0.4, -0.2) is 34.8 Å². The van der Waals surface area contributed by atoms with Gasteiger partial charge in [-0.3, -0.25) is 9.59 Å². The molecule has 0 saturated heterocycles. The third kappa shape index (κ3) is 6.54. The van der Waals surface area contributed by atoms with Crippen LogP contribution in [0.15, 0.2) is 0 Å². The maximum atomic E-state index is 11.7. The fourth-order valence-corrected chi connectivity index (χ4v) is 0.990. The summed E-state index contributed by atoms with van der Waals surface area (Å²) in [5.74, 6) is -2.73. The van der Waals surface area contributed by atoms with E-state index in [0.29, 0.717) is 0 Å². The fraction of sp³-hybridized carbons (Fsp3) is 0.750. The monoisotopic (exact) mass is 259 g/mol. The van der Waals surface area contributed by atoms with Gasteiger partial charge in [-0.15, -0.1) is 0 Å². The Morgan fingerprint density at radius 2 is 1.81 bits per heavy atom. The van der Waals surface area contributed by atoms with Crippen molar-refractivity contribution in [3.63, 3.8) is 0 Å². The molecule has 0 spiro atoms. The molecule has 8 heteroatoms. The molecule has 0 aromatic carbocycles. The molecule has 0 heterocycles. The first-order valence-electron chi connectivity index (χ1n) is 4.25. The first kappa shape index (κ1) is 15.1. The normalized spacial score (nSPS) is 12.3. The molecule has 0 fully saturated rings. The van der Waals surface area contributed by atoms with Crippen molar-refractivity contribution in [2.24, 2.45) is 5.41 Å². The maximum Gasteiger partial charge on any atom is 0.442 e. The van der Waals surface area contributed by atoms with Crippen LogP contribution >= 0.6 is 11.8 Å². The van der Waals surface area contributed by atoms with Gasteiger partial charge in [-0.1, -0.05) is 0 Å². The highest BCUT2D eigenvalue weighted by Crippen LogP contribution is 2.29. The lowest BCUT2D eigenvalue weighted by molar-refractivity contribution is -0.146. The molecule has 0 radical (unpaired) electrons. The molecule has 0 aromatic rings. The quantitative estimate of drug-likeness (QED) is 0.784. The van der Waals surface area contributed by atoms with Gasteiger partial charge in [0.25, 0.3) is 0 Å². The average molecular weight is 259 g/mol. The smallest absolute Gasteiger partial charge is 0.442 e. The lowest BCUT2D eigenvalue weighted by atomic mass is 9.94. The lowest BCUT2D eigenvalue weighted by Crippen LogP contribution is -2.39. The van der Waals surface area contributed by atoms with Gasteiger partial charge in [-0.2, -0.15) is 13.2 Å². The number of halogens is 3. The van der Waals surface area contributed by atoms with Crippen molar-refractivity contribution in [3.8, 4) is 0 Å². The zero-order valence-corrected chi connectivity index (χ0v) is 9.54. The molecule has 0 aliphatic heterocycles. The van der Waals surface area contributed by atoms with Crippen LogP contribution in [0.1, 0.15) is 13.8 Å². The number of aliphatic carboxylic acids is 1. The van der Waals surface area contributed by atoms with Gasteiger partial charge in [0.15, 0.2) is 0 Å². The Hall–Kier alpha value is -0.920. The first-order valence-corrected chi connectivity index (χ1v) is 5.24. The standard InChI is InChI=1S/C8H12F3NO3S/c1-7(2,6(14)15)4-12-5(13)3-16-8(9,10)11/h3-4H2,1-2H3,(H,12,13)(H,14,15). The number of amides is 1. The van der Waals surface area contributed by atoms with E-state index in [1.54, 1.807) is 0 Å². The topological polar surface area (TPSA) is 66.4 Å². The summed E-state index contributed by atoms with van der Waals surface area (Å²) in [6.07, 6.45) is 0. The number of alkyl halides is 3. The van der Waals surface area contributed by atoms with E-state index in [1.165, 1.54) is 13.8 Å². The summed E-state index contributed by atoms with van der Waals surface area (Å²) < 4.78 is 35.1. The Bertz CT molecular complexity index is 278. The Morgan fingerprint density at radius 1 is 1.31 bits per heavy atom. The van der Waals surface area contributed by atoms with Gasteiger partial charge in [0.2, 0.25) is 5.91 Å². The average Bonchev–Trinajstić information content (AvgIpc) is 2.10. The van der Waals surface area contributed by atoms with Gasteiger partial charge in [-0.05, 0) is 25.6 Å². The number of carbonyl (C=O) groups is 2. The molecular formula is C8H12F3NO3S. The van der Waals surface area contributed by atoms with Crippen molar-refractivity contribution in [2.75, 3.05) is 12.3 Å². The van der Waals surface area contributed by atoms with E-state index in [-0.39, 0.29) is 6.54 Å². The van der Waals surface area contributed by atoms with E-state index in [1.807, 2.05) is 0 Å². The number of nitrogens with one attached hydrogen (secondary N) is 1. The summed E-state index contributed by atoms with van der Waals surface area (Å²) in [6.45, 7) is 2.53. The summed E-state index contributed by atoms with van der Waals surface area (Å²) in [6, 6.07) is 0. The van der Waals surface area contributed by atoms with Gasteiger partial charge in [0, 0.05) is 6.54 Å². The van der Waals surface area contributed by atoms with Crippen LogP contribution < -0.4 is 5.32 Å². The van der Waals surface area contributed by atoms with Gasteiger partial charge in [0.1, 0.15) is 0 Å². The Morgan fingerprint density at radius 3 is 2.19 bits per heavy atom. The van der Waals surface area contributed by atoms with E-state index < -0.39 is 40.3 Å². The van der Waals surface area contributed by atoms with E-state index in [4.69, 9.17) is 5.11 Å². The second-order valence-corrected chi connectivity index (χ2v) is 4.74. The highest BCUT2D eigenvalue weighted by molar-refractivity contribution is 8.00. The second-order valence-electron chi connectivity index (χ2n) is 3.70. The summed E-state index contributed by atoms with van der Waals surface area (Å²) in [4.78, 5) is 21.5. The number of thioether (sulfide) groups is 1. The van der Waals surface area contributed by atoms with Crippen LogP contribution in [0.5, 0.6) is 0 Å². The van der Waals surface area contributed by atoms with E-state index in [0.717, 1.165) is 0 Å². The Balaban J connectivity index is 3.96. The van der Waals surface area contributed by atoms with Crippen molar-refractivity contribution in [2.45, 2.75) is 19.4 Å².